The number of fused-ring (bicyclic) bond motifs is 1. The van der Waals surface area contributed by atoms with E-state index >= 15 is 0 Å². The minimum atomic E-state index is -0.636. The summed E-state index contributed by atoms with van der Waals surface area (Å²) in [6, 6.07) is 8.90. The maximum Gasteiger partial charge on any atom is 0.341 e. The molecule has 0 radical (unpaired) electrons. The van der Waals surface area contributed by atoms with Gasteiger partial charge < -0.3 is 14.8 Å². The van der Waals surface area contributed by atoms with Crippen LogP contribution in [-0.4, -0.2) is 34.6 Å². The highest BCUT2D eigenvalue weighted by molar-refractivity contribution is 6.32. The normalized spacial score (nSPS) is 10.8. The second-order valence-electron chi connectivity index (χ2n) is 7.00. The van der Waals surface area contributed by atoms with Gasteiger partial charge in [-0.25, -0.2) is 9.59 Å². The van der Waals surface area contributed by atoms with Crippen molar-refractivity contribution in [1.29, 1.82) is 0 Å². The summed E-state index contributed by atoms with van der Waals surface area (Å²) < 4.78 is 10.4. The van der Waals surface area contributed by atoms with Gasteiger partial charge in [0.05, 0.1) is 34.4 Å². The quantitative estimate of drug-likeness (QED) is 0.289. The fraction of sp³-hybridized carbons (Fsp3) is 0.227. The van der Waals surface area contributed by atoms with Gasteiger partial charge in [0.1, 0.15) is 10.6 Å². The number of rotatable bonds is 7. The Hall–Kier alpha value is -3.72. The van der Waals surface area contributed by atoms with Gasteiger partial charge in [0.15, 0.2) is 0 Å². The third kappa shape index (κ3) is 4.94. The highest BCUT2D eigenvalue weighted by atomic mass is 35.5. The zero-order chi connectivity index (χ0) is 23.4. The van der Waals surface area contributed by atoms with E-state index in [2.05, 4.69) is 10.3 Å². The monoisotopic (exact) mass is 457 g/mol. The van der Waals surface area contributed by atoms with E-state index in [1.807, 2.05) is 0 Å². The van der Waals surface area contributed by atoms with Crippen molar-refractivity contribution in [3.8, 4) is 0 Å². The topological polar surface area (TPSA) is 121 Å². The molecule has 1 N–H and O–H groups in total. The largest absolute Gasteiger partial charge is 0.462 e. The summed E-state index contributed by atoms with van der Waals surface area (Å²) in [5, 5.41) is 14.7. The zero-order valence-electron chi connectivity index (χ0n) is 17.5. The summed E-state index contributed by atoms with van der Waals surface area (Å²) >= 11 is 5.90. The number of nitrogens with zero attached hydrogens (tertiary/aromatic N) is 2. The Morgan fingerprint density at radius 1 is 1.19 bits per heavy atom. The van der Waals surface area contributed by atoms with Gasteiger partial charge in [-0.2, -0.15) is 0 Å². The van der Waals surface area contributed by atoms with Crippen molar-refractivity contribution in [3.63, 3.8) is 0 Å². The highest BCUT2D eigenvalue weighted by Gasteiger charge is 2.20. The van der Waals surface area contributed by atoms with Crippen molar-refractivity contribution >= 4 is 51.5 Å². The number of ether oxygens (including phenoxy) is 2. The Labute approximate surface area is 188 Å². The molecule has 0 spiro atoms. The van der Waals surface area contributed by atoms with E-state index in [-0.39, 0.29) is 40.2 Å². The summed E-state index contributed by atoms with van der Waals surface area (Å²) in [5.74, 6) is -1.17. The van der Waals surface area contributed by atoms with Gasteiger partial charge in [0.2, 0.25) is 0 Å². The predicted octanol–water partition coefficient (Wildman–Crippen LogP) is 5.28. The molecular formula is C22H20ClN3O6. The van der Waals surface area contributed by atoms with Crippen LogP contribution in [-0.2, 0) is 9.47 Å². The van der Waals surface area contributed by atoms with Crippen molar-refractivity contribution in [2.75, 3.05) is 11.9 Å². The van der Waals surface area contributed by atoms with E-state index in [0.717, 1.165) is 0 Å². The van der Waals surface area contributed by atoms with Crippen molar-refractivity contribution in [2.24, 2.45) is 0 Å². The van der Waals surface area contributed by atoms with Gasteiger partial charge in [-0.05, 0) is 51.1 Å². The molecule has 1 aromatic heterocycles. The Kier molecular flexibility index (Phi) is 6.89. The van der Waals surface area contributed by atoms with E-state index in [4.69, 9.17) is 21.1 Å². The standard InChI is InChI=1S/C22H20ClN3O6/c1-4-31-22(28)16-11-24-18-8-5-13(21(27)32-12(2)3)9-15(18)20(16)25-14-6-7-17(23)19(10-14)26(29)30/h5-12H,4H2,1-3H3,(H,24,25). The summed E-state index contributed by atoms with van der Waals surface area (Å²) in [6.07, 6.45) is 1.04. The summed E-state index contributed by atoms with van der Waals surface area (Å²) in [6.45, 7) is 5.28. The van der Waals surface area contributed by atoms with Crippen LogP contribution in [0.1, 0.15) is 41.5 Å². The molecule has 0 unspecified atom stereocenters. The number of hydrogen-bond acceptors (Lipinski definition) is 8. The first-order chi connectivity index (χ1) is 15.2. The SMILES string of the molecule is CCOC(=O)c1cnc2ccc(C(=O)OC(C)C)cc2c1Nc1ccc(Cl)c([N+](=O)[O-])c1. The molecular weight excluding hydrogens is 438 g/mol. The zero-order valence-corrected chi connectivity index (χ0v) is 18.3. The van der Waals surface area contributed by atoms with Crippen LogP contribution in [0.5, 0.6) is 0 Å². The van der Waals surface area contributed by atoms with E-state index in [0.29, 0.717) is 16.6 Å². The molecule has 32 heavy (non-hydrogen) atoms. The number of carbonyl (C=O) groups is 2. The van der Waals surface area contributed by atoms with Gasteiger partial charge in [-0.1, -0.05) is 11.6 Å². The molecule has 9 nitrogen and oxygen atoms in total. The van der Waals surface area contributed by atoms with Crippen LogP contribution < -0.4 is 5.32 Å². The number of nitrogens with one attached hydrogen (secondary N) is 1. The minimum absolute atomic E-state index is 0.0236. The molecule has 0 saturated heterocycles. The average Bonchev–Trinajstić information content (AvgIpc) is 2.74. The molecule has 0 aliphatic heterocycles. The van der Waals surface area contributed by atoms with Crippen molar-refractivity contribution < 1.29 is 24.0 Å². The Balaban J connectivity index is 2.18. The van der Waals surface area contributed by atoms with Gasteiger partial charge >= 0.3 is 11.9 Å². The Morgan fingerprint density at radius 3 is 2.59 bits per heavy atom. The molecule has 0 amide bonds. The smallest absolute Gasteiger partial charge is 0.341 e. The number of anilines is 2. The minimum Gasteiger partial charge on any atom is -0.462 e. The first-order valence-electron chi connectivity index (χ1n) is 9.73. The van der Waals surface area contributed by atoms with Crippen LogP contribution in [0.15, 0.2) is 42.6 Å². The highest BCUT2D eigenvalue weighted by Crippen LogP contribution is 2.34. The molecule has 3 rings (SSSR count). The fourth-order valence-corrected chi connectivity index (χ4v) is 3.16. The molecule has 1 heterocycles. The van der Waals surface area contributed by atoms with Crippen molar-refractivity contribution in [2.45, 2.75) is 26.9 Å². The number of pyridine rings is 1. The lowest BCUT2D eigenvalue weighted by atomic mass is 10.1. The number of hydrogen-bond donors (Lipinski definition) is 1. The number of carbonyl (C=O) groups excluding carboxylic acids is 2. The number of nitro benzene ring substituents is 1. The molecule has 3 aromatic rings. The first-order valence-corrected chi connectivity index (χ1v) is 10.1. The van der Waals surface area contributed by atoms with Crippen LogP contribution in [0.4, 0.5) is 17.1 Å². The van der Waals surface area contributed by atoms with Crippen LogP contribution in [0.2, 0.25) is 5.02 Å². The maximum absolute atomic E-state index is 12.6. The molecule has 0 aliphatic rings. The van der Waals surface area contributed by atoms with Gasteiger partial charge in [0, 0.05) is 23.3 Å². The van der Waals surface area contributed by atoms with Crippen LogP contribution >= 0.6 is 11.6 Å². The lowest BCUT2D eigenvalue weighted by Crippen LogP contribution is -2.12. The molecule has 0 bridgehead atoms. The number of halogens is 1. The van der Waals surface area contributed by atoms with E-state index in [9.17, 15) is 19.7 Å². The molecule has 0 saturated carbocycles. The molecule has 10 heteroatoms. The second-order valence-corrected chi connectivity index (χ2v) is 7.41. The lowest BCUT2D eigenvalue weighted by Gasteiger charge is -2.15. The Morgan fingerprint density at radius 2 is 1.94 bits per heavy atom. The maximum atomic E-state index is 12.6. The third-order valence-corrected chi connectivity index (χ3v) is 4.67. The van der Waals surface area contributed by atoms with E-state index in [1.165, 1.54) is 24.4 Å². The number of benzene rings is 2. The number of aromatic nitrogens is 1. The summed E-state index contributed by atoms with van der Waals surface area (Å²) in [7, 11) is 0. The van der Waals surface area contributed by atoms with E-state index in [1.54, 1.807) is 39.0 Å². The van der Waals surface area contributed by atoms with Crippen molar-refractivity contribution in [1.82, 2.24) is 4.98 Å². The van der Waals surface area contributed by atoms with Gasteiger partial charge in [-0.15, -0.1) is 0 Å². The lowest BCUT2D eigenvalue weighted by molar-refractivity contribution is -0.384. The number of nitro groups is 1. The molecule has 2 aromatic carbocycles. The predicted molar refractivity (Wildman–Crippen MR) is 120 cm³/mol. The molecule has 0 atom stereocenters. The van der Waals surface area contributed by atoms with Crippen molar-refractivity contribution in [3.05, 3.63) is 68.9 Å². The third-order valence-electron chi connectivity index (χ3n) is 4.35. The summed E-state index contributed by atoms with van der Waals surface area (Å²) in [5.41, 5.74) is 1.16. The molecule has 0 aliphatic carbocycles. The molecule has 166 valence electrons. The van der Waals surface area contributed by atoms with Crippen LogP contribution in [0.3, 0.4) is 0 Å². The number of esters is 2. The van der Waals surface area contributed by atoms with Crippen LogP contribution in [0, 0.1) is 10.1 Å². The van der Waals surface area contributed by atoms with Crippen LogP contribution in [0.25, 0.3) is 10.9 Å². The van der Waals surface area contributed by atoms with Gasteiger partial charge in [0.25, 0.3) is 5.69 Å². The fourth-order valence-electron chi connectivity index (χ4n) is 2.97. The average molecular weight is 458 g/mol. The van der Waals surface area contributed by atoms with E-state index < -0.39 is 16.9 Å². The second kappa shape index (κ2) is 9.61. The van der Waals surface area contributed by atoms with Gasteiger partial charge in [-0.3, -0.25) is 15.1 Å². The molecule has 0 fully saturated rings. The Bertz CT molecular complexity index is 1210. The summed E-state index contributed by atoms with van der Waals surface area (Å²) in [4.78, 5) is 39.9. The first kappa shape index (κ1) is 23.0.